The van der Waals surface area contributed by atoms with Gasteiger partial charge in [0.1, 0.15) is 6.54 Å². The summed E-state index contributed by atoms with van der Waals surface area (Å²) in [6, 6.07) is 3.23. The van der Waals surface area contributed by atoms with Crippen molar-refractivity contribution in [2.75, 3.05) is 12.8 Å². The van der Waals surface area contributed by atoms with Gasteiger partial charge in [-0.15, -0.1) is 0 Å². The lowest BCUT2D eigenvalue weighted by atomic mass is 9.85. The molecule has 2 rings (SSSR count). The predicted octanol–water partition coefficient (Wildman–Crippen LogP) is 1.47. The highest BCUT2D eigenvalue weighted by Crippen LogP contribution is 2.27. The van der Waals surface area contributed by atoms with Gasteiger partial charge in [0.2, 0.25) is 5.91 Å². The van der Waals surface area contributed by atoms with Gasteiger partial charge in [0, 0.05) is 31.0 Å². The van der Waals surface area contributed by atoms with E-state index in [4.69, 9.17) is 5.73 Å². The Kier molecular flexibility index (Phi) is 4.47. The van der Waals surface area contributed by atoms with Gasteiger partial charge >= 0.3 is 0 Å². The van der Waals surface area contributed by atoms with E-state index >= 15 is 0 Å². The monoisotopic (exact) mass is 277 g/mol. The highest BCUT2D eigenvalue weighted by molar-refractivity contribution is 5.76. The summed E-state index contributed by atoms with van der Waals surface area (Å²) in [5, 5.41) is 0. The van der Waals surface area contributed by atoms with E-state index in [2.05, 4.69) is 6.92 Å². The van der Waals surface area contributed by atoms with Crippen molar-refractivity contribution in [2.24, 2.45) is 5.92 Å². The first-order valence-electron chi connectivity index (χ1n) is 7.20. The van der Waals surface area contributed by atoms with Crippen LogP contribution in [-0.2, 0) is 11.3 Å². The van der Waals surface area contributed by atoms with Gasteiger partial charge in [0.05, 0.1) is 0 Å². The van der Waals surface area contributed by atoms with Crippen molar-refractivity contribution < 1.29 is 4.79 Å². The van der Waals surface area contributed by atoms with Gasteiger partial charge in [-0.1, -0.05) is 19.8 Å². The summed E-state index contributed by atoms with van der Waals surface area (Å²) in [5.41, 5.74) is 5.95. The molecule has 1 amide bonds. The molecule has 2 N–H and O–H groups in total. The van der Waals surface area contributed by atoms with E-state index in [-0.39, 0.29) is 24.1 Å². The third-order valence-electron chi connectivity index (χ3n) is 4.27. The van der Waals surface area contributed by atoms with Crippen LogP contribution in [0.1, 0.15) is 32.6 Å². The van der Waals surface area contributed by atoms with Crippen LogP contribution in [0.4, 0.5) is 5.69 Å². The summed E-state index contributed by atoms with van der Waals surface area (Å²) < 4.78 is 1.38. The number of carbonyl (C=O) groups excluding carboxylic acids is 1. The van der Waals surface area contributed by atoms with E-state index in [0.717, 1.165) is 6.42 Å². The first-order chi connectivity index (χ1) is 9.49. The molecule has 0 saturated heterocycles. The third kappa shape index (κ3) is 3.21. The summed E-state index contributed by atoms with van der Waals surface area (Å²) in [5.74, 6) is 0.492. The van der Waals surface area contributed by atoms with E-state index in [0.29, 0.717) is 11.6 Å². The number of hydrogen-bond acceptors (Lipinski definition) is 3. The van der Waals surface area contributed by atoms with Gasteiger partial charge in [-0.05, 0) is 24.8 Å². The second-order valence-electron chi connectivity index (χ2n) is 5.76. The Labute approximate surface area is 119 Å². The number of nitrogens with two attached hydrogens (primary N) is 1. The zero-order valence-corrected chi connectivity index (χ0v) is 12.2. The molecule has 2 unspecified atom stereocenters. The molecule has 0 aromatic carbocycles. The van der Waals surface area contributed by atoms with Gasteiger partial charge in [-0.2, -0.15) is 0 Å². The maximum absolute atomic E-state index is 12.3. The Hall–Kier alpha value is -1.78. The Morgan fingerprint density at radius 2 is 2.10 bits per heavy atom. The predicted molar refractivity (Wildman–Crippen MR) is 79.3 cm³/mol. The molecule has 5 nitrogen and oxygen atoms in total. The van der Waals surface area contributed by atoms with Crippen molar-refractivity contribution in [3.05, 3.63) is 28.7 Å². The number of aromatic nitrogens is 1. The fourth-order valence-corrected chi connectivity index (χ4v) is 2.99. The lowest BCUT2D eigenvalue weighted by Crippen LogP contribution is -2.44. The molecule has 0 aliphatic heterocycles. The molecule has 1 fully saturated rings. The Balaban J connectivity index is 2.07. The number of anilines is 1. The Morgan fingerprint density at radius 3 is 2.80 bits per heavy atom. The molecule has 1 aromatic rings. The summed E-state index contributed by atoms with van der Waals surface area (Å²) in [6.07, 6.45) is 6.16. The number of hydrogen-bond donors (Lipinski definition) is 1. The van der Waals surface area contributed by atoms with Crippen molar-refractivity contribution in [1.82, 2.24) is 9.47 Å². The molecule has 0 radical (unpaired) electrons. The minimum Gasteiger partial charge on any atom is -0.398 e. The van der Waals surface area contributed by atoms with E-state index in [9.17, 15) is 9.59 Å². The number of pyridine rings is 1. The first-order valence-corrected chi connectivity index (χ1v) is 7.20. The average molecular weight is 277 g/mol. The normalized spacial score (nSPS) is 22.5. The fourth-order valence-electron chi connectivity index (χ4n) is 2.99. The van der Waals surface area contributed by atoms with Crippen LogP contribution >= 0.6 is 0 Å². The molecule has 1 aliphatic rings. The fraction of sp³-hybridized carbons (Fsp3) is 0.600. The van der Waals surface area contributed by atoms with E-state index in [1.54, 1.807) is 11.0 Å². The van der Waals surface area contributed by atoms with Crippen molar-refractivity contribution in [3.8, 4) is 0 Å². The topological polar surface area (TPSA) is 68.3 Å². The number of amides is 1. The maximum atomic E-state index is 12.3. The first kappa shape index (κ1) is 14.6. The van der Waals surface area contributed by atoms with Crippen molar-refractivity contribution >= 4 is 11.6 Å². The molecule has 1 aliphatic carbocycles. The van der Waals surface area contributed by atoms with Crippen molar-refractivity contribution in [2.45, 2.75) is 45.2 Å². The van der Waals surface area contributed by atoms with Crippen molar-refractivity contribution in [1.29, 1.82) is 0 Å². The molecule has 20 heavy (non-hydrogen) atoms. The molecule has 1 saturated carbocycles. The van der Waals surface area contributed by atoms with Crippen LogP contribution in [0.25, 0.3) is 0 Å². The Morgan fingerprint density at radius 1 is 1.40 bits per heavy atom. The highest BCUT2D eigenvalue weighted by atomic mass is 16.2. The van der Waals surface area contributed by atoms with Crippen LogP contribution in [0, 0.1) is 5.92 Å². The zero-order valence-electron chi connectivity index (χ0n) is 12.2. The van der Waals surface area contributed by atoms with Crippen molar-refractivity contribution in [3.63, 3.8) is 0 Å². The molecule has 1 heterocycles. The van der Waals surface area contributed by atoms with Gasteiger partial charge < -0.3 is 15.2 Å². The van der Waals surface area contributed by atoms with Gasteiger partial charge in [-0.3, -0.25) is 9.59 Å². The number of carbonyl (C=O) groups is 1. The van der Waals surface area contributed by atoms with Crippen LogP contribution in [0.15, 0.2) is 23.1 Å². The number of nitrogens with zero attached hydrogens (tertiary/aromatic N) is 2. The molecule has 110 valence electrons. The smallest absolute Gasteiger partial charge is 0.251 e. The molecule has 1 aromatic heterocycles. The van der Waals surface area contributed by atoms with Crippen LogP contribution in [0.3, 0.4) is 0 Å². The number of nitrogen functional groups attached to an aromatic ring is 1. The molecule has 0 bridgehead atoms. The molecule has 0 spiro atoms. The highest BCUT2D eigenvalue weighted by Gasteiger charge is 2.27. The summed E-state index contributed by atoms with van der Waals surface area (Å²) in [7, 11) is 1.84. The third-order valence-corrected chi connectivity index (χ3v) is 4.27. The largest absolute Gasteiger partial charge is 0.398 e. The van der Waals surface area contributed by atoms with Crippen LogP contribution in [-0.4, -0.2) is 28.5 Å². The Bertz CT molecular complexity index is 538. The summed E-state index contributed by atoms with van der Waals surface area (Å²) in [4.78, 5) is 25.9. The molecular formula is C15H23N3O2. The standard InChI is InChI=1S/C15H23N3O2/c1-11-5-3-4-6-13(11)17(2)15(20)10-18-9-12(16)7-8-14(18)19/h7-9,11,13H,3-6,10,16H2,1-2H3. The minimum atomic E-state index is -0.197. The average Bonchev–Trinajstić information content (AvgIpc) is 2.42. The second-order valence-corrected chi connectivity index (χ2v) is 5.76. The quantitative estimate of drug-likeness (QED) is 0.909. The molecule has 2 atom stereocenters. The SMILES string of the molecule is CC1CCCCC1N(C)C(=O)Cn1cc(N)ccc1=O. The van der Waals surface area contributed by atoms with Crippen LogP contribution in [0.5, 0.6) is 0 Å². The lowest BCUT2D eigenvalue weighted by Gasteiger charge is -2.36. The molecular weight excluding hydrogens is 254 g/mol. The lowest BCUT2D eigenvalue weighted by molar-refractivity contribution is -0.134. The summed E-state index contributed by atoms with van der Waals surface area (Å²) >= 11 is 0. The summed E-state index contributed by atoms with van der Waals surface area (Å²) in [6.45, 7) is 2.25. The number of rotatable bonds is 3. The van der Waals surface area contributed by atoms with Gasteiger partial charge in [-0.25, -0.2) is 0 Å². The van der Waals surface area contributed by atoms with Crippen LogP contribution in [0.2, 0.25) is 0 Å². The second kappa shape index (κ2) is 6.11. The van der Waals surface area contributed by atoms with Crippen LogP contribution < -0.4 is 11.3 Å². The maximum Gasteiger partial charge on any atom is 0.251 e. The van der Waals surface area contributed by atoms with Gasteiger partial charge in [0.15, 0.2) is 0 Å². The minimum absolute atomic E-state index is 0.0311. The zero-order chi connectivity index (χ0) is 14.7. The molecule has 5 heteroatoms. The number of likely N-dealkylation sites (N-methyl/N-ethyl adjacent to an activating group) is 1. The van der Waals surface area contributed by atoms with E-state index in [1.165, 1.54) is 36.1 Å². The van der Waals surface area contributed by atoms with Gasteiger partial charge in [0.25, 0.3) is 5.56 Å². The van der Waals surface area contributed by atoms with E-state index < -0.39 is 0 Å². The van der Waals surface area contributed by atoms with E-state index in [1.807, 2.05) is 7.05 Å².